The maximum absolute atomic E-state index is 12.9. The quantitative estimate of drug-likeness (QED) is 0.547. The molecule has 1 aliphatic carbocycles. The van der Waals surface area contributed by atoms with Crippen LogP contribution in [0.4, 0.5) is 0 Å². The molecule has 7 nitrogen and oxygen atoms in total. The molecule has 1 heterocycles. The third kappa shape index (κ3) is 4.62. The van der Waals surface area contributed by atoms with Crippen LogP contribution in [0, 0.1) is 0 Å². The smallest absolute Gasteiger partial charge is 0.331 e. The van der Waals surface area contributed by atoms with Gasteiger partial charge in [-0.3, -0.25) is 4.79 Å². The van der Waals surface area contributed by atoms with Crippen LogP contribution in [-0.2, 0) is 37.2 Å². The summed E-state index contributed by atoms with van der Waals surface area (Å²) in [5, 5.41) is 0. The van der Waals surface area contributed by atoms with Gasteiger partial charge in [-0.05, 0) is 56.4 Å². The molecule has 0 unspecified atom stereocenters. The van der Waals surface area contributed by atoms with Gasteiger partial charge < -0.3 is 9.64 Å². The van der Waals surface area contributed by atoms with Gasteiger partial charge in [0.05, 0.1) is 4.90 Å². The fourth-order valence-corrected chi connectivity index (χ4v) is 5.01. The van der Waals surface area contributed by atoms with Crippen molar-refractivity contribution in [2.45, 2.75) is 38.0 Å². The monoisotopic (exact) mass is 406 g/mol. The molecule has 0 radical (unpaired) electrons. The molecule has 1 saturated heterocycles. The molecule has 1 aliphatic heterocycles. The Hall–Kier alpha value is -2.19. The Balaban J connectivity index is 1.56. The van der Waals surface area contributed by atoms with Gasteiger partial charge in [0.1, 0.15) is 0 Å². The number of carbonyl (C=O) groups is 2. The average Bonchev–Trinajstić information content (AvgIpc) is 3.13. The number of esters is 1. The van der Waals surface area contributed by atoms with E-state index < -0.39 is 16.0 Å². The van der Waals surface area contributed by atoms with E-state index in [-0.39, 0.29) is 38.7 Å². The molecule has 1 amide bonds. The van der Waals surface area contributed by atoms with Gasteiger partial charge in [-0.1, -0.05) is 11.6 Å². The number of rotatable bonds is 5. The lowest BCUT2D eigenvalue weighted by atomic mass is 10.1. The highest BCUT2D eigenvalue weighted by atomic mass is 32.2. The largest absolute Gasteiger partial charge is 0.452 e. The lowest BCUT2D eigenvalue weighted by Crippen LogP contribution is -2.51. The van der Waals surface area contributed by atoms with Crippen LogP contribution in [0.15, 0.2) is 34.7 Å². The van der Waals surface area contributed by atoms with Crippen LogP contribution < -0.4 is 0 Å². The van der Waals surface area contributed by atoms with Crippen molar-refractivity contribution in [3.05, 3.63) is 41.0 Å². The van der Waals surface area contributed by atoms with Crippen molar-refractivity contribution in [1.82, 2.24) is 9.21 Å². The summed E-state index contributed by atoms with van der Waals surface area (Å²) in [6, 6.07) is 5.38. The van der Waals surface area contributed by atoms with Gasteiger partial charge in [0.25, 0.3) is 5.91 Å². The van der Waals surface area contributed by atoms with Crippen LogP contribution in [-0.4, -0.2) is 62.3 Å². The number of amides is 1. The fourth-order valence-electron chi connectivity index (χ4n) is 3.54. The number of benzene rings is 1. The van der Waals surface area contributed by atoms with Crippen molar-refractivity contribution >= 4 is 21.9 Å². The first-order valence-electron chi connectivity index (χ1n) is 9.49. The zero-order valence-electron chi connectivity index (χ0n) is 16.3. The second-order valence-electron chi connectivity index (χ2n) is 7.40. The summed E-state index contributed by atoms with van der Waals surface area (Å²) in [5.41, 5.74) is 3.15. The van der Waals surface area contributed by atoms with Crippen molar-refractivity contribution in [2.75, 3.05) is 32.8 Å². The Bertz CT molecular complexity index is 895. The normalized spacial score (nSPS) is 17.1. The maximum atomic E-state index is 12.9. The molecular formula is C20H26N2O5S. The lowest BCUT2D eigenvalue weighted by Gasteiger charge is -2.34. The second-order valence-corrected chi connectivity index (χ2v) is 9.34. The number of aryl methyl sites for hydroxylation is 2. The zero-order valence-corrected chi connectivity index (χ0v) is 17.1. The van der Waals surface area contributed by atoms with Gasteiger partial charge in [-0.25, -0.2) is 13.2 Å². The van der Waals surface area contributed by atoms with E-state index in [4.69, 9.17) is 4.74 Å². The predicted octanol–water partition coefficient (Wildman–Crippen LogP) is 1.52. The summed E-state index contributed by atoms with van der Waals surface area (Å²) < 4.78 is 32.2. The highest BCUT2D eigenvalue weighted by molar-refractivity contribution is 7.89. The number of allylic oxidation sites excluding steroid dienone is 1. The minimum absolute atomic E-state index is 0.229. The van der Waals surface area contributed by atoms with Gasteiger partial charge in [-0.15, -0.1) is 0 Å². The molecule has 152 valence electrons. The first kappa shape index (κ1) is 20.5. The summed E-state index contributed by atoms with van der Waals surface area (Å²) in [4.78, 5) is 25.6. The molecule has 0 aromatic heterocycles. The number of ether oxygens (including phenoxy) is 1. The Morgan fingerprint density at radius 1 is 1.07 bits per heavy atom. The van der Waals surface area contributed by atoms with E-state index in [9.17, 15) is 18.0 Å². The Kier molecular flexibility index (Phi) is 6.20. The molecule has 8 heteroatoms. The predicted molar refractivity (Wildman–Crippen MR) is 104 cm³/mol. The van der Waals surface area contributed by atoms with E-state index in [2.05, 4.69) is 0 Å². The van der Waals surface area contributed by atoms with Crippen molar-refractivity contribution in [3.8, 4) is 0 Å². The Morgan fingerprint density at radius 2 is 1.75 bits per heavy atom. The van der Waals surface area contributed by atoms with E-state index in [1.807, 2.05) is 6.07 Å². The van der Waals surface area contributed by atoms with Crippen LogP contribution in [0.5, 0.6) is 0 Å². The number of piperazine rings is 1. The van der Waals surface area contributed by atoms with E-state index in [1.165, 1.54) is 20.8 Å². The highest BCUT2D eigenvalue weighted by Crippen LogP contribution is 2.26. The number of sulfonamides is 1. The van der Waals surface area contributed by atoms with Crippen LogP contribution >= 0.6 is 0 Å². The number of hydrogen-bond acceptors (Lipinski definition) is 5. The van der Waals surface area contributed by atoms with Crippen molar-refractivity contribution in [1.29, 1.82) is 0 Å². The first-order valence-corrected chi connectivity index (χ1v) is 10.9. The molecule has 1 aromatic rings. The fraction of sp³-hybridized carbons (Fsp3) is 0.500. The molecule has 0 atom stereocenters. The maximum Gasteiger partial charge on any atom is 0.331 e. The Morgan fingerprint density at radius 3 is 2.43 bits per heavy atom. The van der Waals surface area contributed by atoms with Gasteiger partial charge in [0.15, 0.2) is 6.61 Å². The van der Waals surface area contributed by atoms with E-state index >= 15 is 0 Å². The molecule has 1 fully saturated rings. The van der Waals surface area contributed by atoms with Crippen molar-refractivity contribution in [2.24, 2.45) is 0 Å². The minimum Gasteiger partial charge on any atom is -0.452 e. The number of fused-ring (bicyclic) bond motifs is 1. The summed E-state index contributed by atoms with van der Waals surface area (Å²) in [7, 11) is -3.57. The third-order valence-corrected chi connectivity index (χ3v) is 6.94. The summed E-state index contributed by atoms with van der Waals surface area (Å²) in [6.45, 7) is 4.22. The molecular weight excluding hydrogens is 380 g/mol. The van der Waals surface area contributed by atoms with Gasteiger partial charge in [-0.2, -0.15) is 4.31 Å². The van der Waals surface area contributed by atoms with Crippen molar-refractivity contribution < 1.29 is 22.7 Å². The number of hydrogen-bond donors (Lipinski definition) is 0. The van der Waals surface area contributed by atoms with Gasteiger partial charge in [0.2, 0.25) is 10.0 Å². The zero-order chi connectivity index (χ0) is 20.3. The van der Waals surface area contributed by atoms with Crippen LogP contribution in [0.3, 0.4) is 0 Å². The molecule has 0 spiro atoms. The van der Waals surface area contributed by atoms with E-state index in [0.717, 1.165) is 30.4 Å². The molecule has 28 heavy (non-hydrogen) atoms. The SMILES string of the molecule is CC(C)=CC(=O)OCC(=O)N1CCN(S(=O)(=O)c2ccc3c(c2)CCC3)CC1. The topological polar surface area (TPSA) is 84.0 Å². The second kappa shape index (κ2) is 8.45. The van der Waals surface area contributed by atoms with E-state index in [0.29, 0.717) is 4.90 Å². The van der Waals surface area contributed by atoms with Crippen LogP contribution in [0.2, 0.25) is 0 Å². The number of nitrogens with zero attached hydrogens (tertiary/aromatic N) is 2. The lowest BCUT2D eigenvalue weighted by molar-refractivity contribution is -0.148. The first-order chi connectivity index (χ1) is 13.3. The van der Waals surface area contributed by atoms with Crippen molar-refractivity contribution in [3.63, 3.8) is 0 Å². The molecule has 1 aromatic carbocycles. The molecule has 0 saturated carbocycles. The molecule has 2 aliphatic rings. The number of carbonyl (C=O) groups excluding carboxylic acids is 2. The Labute approximate surface area is 166 Å². The molecule has 3 rings (SSSR count). The van der Waals surface area contributed by atoms with E-state index in [1.54, 1.807) is 26.0 Å². The summed E-state index contributed by atoms with van der Waals surface area (Å²) in [6.07, 6.45) is 4.33. The summed E-state index contributed by atoms with van der Waals surface area (Å²) in [5.74, 6) is -0.865. The standard InChI is InChI=1S/C20H26N2O5S/c1-15(2)12-20(24)27-14-19(23)21-8-10-22(11-9-21)28(25,26)18-7-6-16-4-3-5-17(16)13-18/h6-7,12-13H,3-5,8-11,14H2,1-2H3. The van der Waals surface area contributed by atoms with Gasteiger partial charge >= 0.3 is 5.97 Å². The summed E-state index contributed by atoms with van der Waals surface area (Å²) >= 11 is 0. The van der Waals surface area contributed by atoms with Gasteiger partial charge in [0, 0.05) is 32.3 Å². The molecule has 0 N–H and O–H groups in total. The molecule has 0 bridgehead atoms. The highest BCUT2D eigenvalue weighted by Gasteiger charge is 2.31. The minimum atomic E-state index is -3.57. The third-order valence-electron chi connectivity index (χ3n) is 5.04. The van der Waals surface area contributed by atoms with Crippen LogP contribution in [0.25, 0.3) is 0 Å². The van der Waals surface area contributed by atoms with Crippen LogP contribution in [0.1, 0.15) is 31.4 Å². The average molecular weight is 407 g/mol.